The summed E-state index contributed by atoms with van der Waals surface area (Å²) in [5.74, 6) is 0.880. The smallest absolute Gasteiger partial charge is 0.191 e. The van der Waals surface area contributed by atoms with Gasteiger partial charge in [-0.05, 0) is 44.2 Å². The van der Waals surface area contributed by atoms with Crippen LogP contribution in [0.3, 0.4) is 0 Å². The zero-order chi connectivity index (χ0) is 14.6. The number of nitrogens with zero attached hydrogens (tertiary/aromatic N) is 2. The summed E-state index contributed by atoms with van der Waals surface area (Å²) in [6.45, 7) is 10.7. The molecule has 0 aliphatic carbocycles. The topological polar surface area (TPSA) is 39.7 Å². The van der Waals surface area contributed by atoms with E-state index in [0.717, 1.165) is 25.6 Å². The zero-order valence-electron chi connectivity index (χ0n) is 13.0. The second-order valence-electron chi connectivity index (χ2n) is 6.27. The number of rotatable bonds is 3. The summed E-state index contributed by atoms with van der Waals surface area (Å²) in [5.41, 5.74) is 1.55. The van der Waals surface area contributed by atoms with Crippen LogP contribution in [0.4, 0.5) is 0 Å². The minimum absolute atomic E-state index is 0.0402. The number of aliphatic imine (C=N–C) groups is 1. The van der Waals surface area contributed by atoms with E-state index >= 15 is 0 Å². The Hall–Kier alpha value is -1.07. The molecule has 0 unspecified atom stereocenters. The molecule has 112 valence electrons. The standard InChI is InChI=1S/C15H26N4S/c1-15(2,3)18-14(16-4)17-7-9-19-8-5-13-12(11-19)6-10-20-13/h6,10H,5,7-9,11H2,1-4H3,(H2,16,17,18). The predicted molar refractivity (Wildman–Crippen MR) is 87.6 cm³/mol. The molecule has 0 bridgehead atoms. The summed E-state index contributed by atoms with van der Waals surface area (Å²) in [6, 6.07) is 2.26. The first-order valence-electron chi connectivity index (χ1n) is 7.24. The maximum Gasteiger partial charge on any atom is 0.191 e. The third-order valence-corrected chi connectivity index (χ3v) is 4.35. The van der Waals surface area contributed by atoms with Crippen LogP contribution in [-0.2, 0) is 13.0 Å². The SMILES string of the molecule is CN=C(NCCN1CCc2sccc2C1)NC(C)(C)C. The van der Waals surface area contributed by atoms with Crippen molar-refractivity contribution in [1.82, 2.24) is 15.5 Å². The molecule has 5 heteroatoms. The van der Waals surface area contributed by atoms with Gasteiger partial charge in [0.1, 0.15) is 0 Å². The number of hydrogen-bond donors (Lipinski definition) is 2. The highest BCUT2D eigenvalue weighted by Gasteiger charge is 2.17. The van der Waals surface area contributed by atoms with E-state index in [1.807, 2.05) is 18.4 Å². The van der Waals surface area contributed by atoms with Crippen molar-refractivity contribution in [1.29, 1.82) is 0 Å². The summed E-state index contributed by atoms with van der Waals surface area (Å²) < 4.78 is 0. The lowest BCUT2D eigenvalue weighted by Crippen LogP contribution is -2.49. The van der Waals surface area contributed by atoms with Crippen LogP contribution in [0.2, 0.25) is 0 Å². The Morgan fingerprint density at radius 1 is 1.45 bits per heavy atom. The molecule has 2 rings (SSSR count). The lowest BCUT2D eigenvalue weighted by atomic mass is 10.1. The predicted octanol–water partition coefficient (Wildman–Crippen LogP) is 2.07. The molecule has 0 spiro atoms. The lowest BCUT2D eigenvalue weighted by molar-refractivity contribution is 0.260. The summed E-state index contributed by atoms with van der Waals surface area (Å²) in [6.07, 6.45) is 1.20. The maximum atomic E-state index is 4.26. The highest BCUT2D eigenvalue weighted by molar-refractivity contribution is 7.10. The fraction of sp³-hybridized carbons (Fsp3) is 0.667. The molecule has 2 N–H and O–H groups in total. The first-order valence-corrected chi connectivity index (χ1v) is 8.12. The molecule has 0 radical (unpaired) electrons. The van der Waals surface area contributed by atoms with Crippen molar-refractivity contribution in [2.45, 2.75) is 39.3 Å². The Morgan fingerprint density at radius 3 is 2.95 bits per heavy atom. The molecule has 0 aromatic carbocycles. The molecule has 0 saturated carbocycles. The molecule has 0 saturated heterocycles. The lowest BCUT2D eigenvalue weighted by Gasteiger charge is -2.28. The van der Waals surface area contributed by atoms with Crippen molar-refractivity contribution in [3.05, 3.63) is 21.9 Å². The maximum absolute atomic E-state index is 4.26. The Kier molecular flexibility index (Phi) is 5.05. The number of hydrogen-bond acceptors (Lipinski definition) is 3. The van der Waals surface area contributed by atoms with Gasteiger partial charge in [0.2, 0.25) is 0 Å². The second kappa shape index (κ2) is 6.59. The minimum atomic E-state index is 0.0402. The summed E-state index contributed by atoms with van der Waals surface area (Å²) in [5, 5.41) is 8.98. The first kappa shape index (κ1) is 15.3. The molecule has 0 amide bonds. The Bertz CT molecular complexity index is 459. The van der Waals surface area contributed by atoms with Gasteiger partial charge in [-0.25, -0.2) is 0 Å². The molecule has 1 aromatic rings. The third kappa shape index (κ3) is 4.49. The van der Waals surface area contributed by atoms with E-state index < -0.39 is 0 Å². The molecule has 1 aliphatic heterocycles. The van der Waals surface area contributed by atoms with Crippen LogP contribution in [0.25, 0.3) is 0 Å². The minimum Gasteiger partial charge on any atom is -0.355 e. The van der Waals surface area contributed by atoms with E-state index in [4.69, 9.17) is 0 Å². The summed E-state index contributed by atoms with van der Waals surface area (Å²) >= 11 is 1.89. The average Bonchev–Trinajstić information content (AvgIpc) is 2.83. The molecular formula is C15H26N4S. The number of nitrogens with one attached hydrogen (secondary N) is 2. The van der Waals surface area contributed by atoms with Crippen LogP contribution in [0.5, 0.6) is 0 Å². The molecule has 0 fully saturated rings. The van der Waals surface area contributed by atoms with Crippen LogP contribution in [0.15, 0.2) is 16.4 Å². The number of fused-ring (bicyclic) bond motifs is 1. The third-order valence-electron chi connectivity index (χ3n) is 3.32. The molecule has 1 aromatic heterocycles. The van der Waals surface area contributed by atoms with E-state index in [1.54, 1.807) is 4.88 Å². The molecular weight excluding hydrogens is 268 g/mol. The largest absolute Gasteiger partial charge is 0.355 e. The Balaban J connectivity index is 1.74. The Labute approximate surface area is 126 Å². The van der Waals surface area contributed by atoms with Crippen molar-refractivity contribution < 1.29 is 0 Å². The van der Waals surface area contributed by atoms with Crippen LogP contribution >= 0.6 is 11.3 Å². The zero-order valence-corrected chi connectivity index (χ0v) is 13.8. The van der Waals surface area contributed by atoms with Gasteiger partial charge in [0, 0.05) is 43.6 Å². The van der Waals surface area contributed by atoms with Crippen molar-refractivity contribution in [2.24, 2.45) is 4.99 Å². The van der Waals surface area contributed by atoms with Gasteiger partial charge in [0.05, 0.1) is 0 Å². The highest BCUT2D eigenvalue weighted by atomic mass is 32.1. The van der Waals surface area contributed by atoms with Gasteiger partial charge < -0.3 is 10.6 Å². The normalized spacial score (nSPS) is 16.9. The summed E-state index contributed by atoms with van der Waals surface area (Å²) in [4.78, 5) is 8.34. The van der Waals surface area contributed by atoms with Gasteiger partial charge in [-0.15, -0.1) is 11.3 Å². The van der Waals surface area contributed by atoms with E-state index in [9.17, 15) is 0 Å². The van der Waals surface area contributed by atoms with E-state index in [-0.39, 0.29) is 5.54 Å². The van der Waals surface area contributed by atoms with E-state index in [2.05, 4.69) is 52.7 Å². The van der Waals surface area contributed by atoms with Crippen molar-refractivity contribution >= 4 is 17.3 Å². The van der Waals surface area contributed by atoms with Crippen LogP contribution in [0, 0.1) is 0 Å². The average molecular weight is 294 g/mol. The van der Waals surface area contributed by atoms with Gasteiger partial charge in [0.15, 0.2) is 5.96 Å². The molecule has 4 nitrogen and oxygen atoms in total. The number of thiophene rings is 1. The van der Waals surface area contributed by atoms with Crippen molar-refractivity contribution in [2.75, 3.05) is 26.7 Å². The highest BCUT2D eigenvalue weighted by Crippen LogP contribution is 2.23. The number of guanidine groups is 1. The van der Waals surface area contributed by atoms with E-state index in [0.29, 0.717) is 0 Å². The fourth-order valence-corrected chi connectivity index (χ4v) is 3.25. The van der Waals surface area contributed by atoms with Crippen LogP contribution in [-0.4, -0.2) is 43.1 Å². The van der Waals surface area contributed by atoms with Gasteiger partial charge in [-0.3, -0.25) is 9.89 Å². The fourth-order valence-electron chi connectivity index (χ4n) is 2.36. The quantitative estimate of drug-likeness (QED) is 0.662. The summed E-state index contributed by atoms with van der Waals surface area (Å²) in [7, 11) is 1.82. The monoisotopic (exact) mass is 294 g/mol. The van der Waals surface area contributed by atoms with Crippen molar-refractivity contribution in [3.8, 4) is 0 Å². The molecule has 0 atom stereocenters. The van der Waals surface area contributed by atoms with Crippen LogP contribution in [0.1, 0.15) is 31.2 Å². The van der Waals surface area contributed by atoms with Crippen molar-refractivity contribution in [3.63, 3.8) is 0 Å². The van der Waals surface area contributed by atoms with Crippen LogP contribution < -0.4 is 10.6 Å². The molecule has 1 aliphatic rings. The Morgan fingerprint density at radius 2 is 2.25 bits per heavy atom. The molecule has 2 heterocycles. The van der Waals surface area contributed by atoms with Gasteiger partial charge in [0.25, 0.3) is 0 Å². The second-order valence-corrected chi connectivity index (χ2v) is 7.27. The van der Waals surface area contributed by atoms with E-state index in [1.165, 1.54) is 18.5 Å². The van der Waals surface area contributed by atoms with Gasteiger partial charge >= 0.3 is 0 Å². The first-order chi connectivity index (χ1) is 9.48. The van der Waals surface area contributed by atoms with Gasteiger partial charge in [-0.1, -0.05) is 0 Å². The molecule has 20 heavy (non-hydrogen) atoms. The van der Waals surface area contributed by atoms with Gasteiger partial charge in [-0.2, -0.15) is 0 Å².